The van der Waals surface area contributed by atoms with E-state index in [2.05, 4.69) is 29.2 Å². The Kier molecular flexibility index (Phi) is 3.47. The third kappa shape index (κ3) is 2.76. The van der Waals surface area contributed by atoms with E-state index in [0.717, 1.165) is 38.0 Å². The average molecular weight is 255 g/mol. The monoisotopic (exact) mass is 255 g/mol. The topological polar surface area (TPSA) is 29.5 Å². The van der Waals surface area contributed by atoms with Crippen LogP contribution in [0.3, 0.4) is 0 Å². The second-order valence-corrected chi connectivity index (χ2v) is 4.99. The first-order chi connectivity index (χ1) is 9.33. The molecular weight excluding hydrogens is 238 g/mol. The summed E-state index contributed by atoms with van der Waals surface area (Å²) in [5, 5.41) is 0. The van der Waals surface area contributed by atoms with E-state index in [4.69, 9.17) is 4.74 Å². The molecule has 0 radical (unpaired) electrons. The van der Waals surface area contributed by atoms with Crippen LogP contribution in [-0.2, 0) is 16.1 Å². The van der Waals surface area contributed by atoms with Gasteiger partial charge >= 0.3 is 5.97 Å². The largest absolute Gasteiger partial charge is 0.431 e. The van der Waals surface area contributed by atoms with Gasteiger partial charge in [-0.25, -0.2) is 4.79 Å². The zero-order chi connectivity index (χ0) is 13.1. The fraction of sp³-hybridized carbons (Fsp3) is 0.312. The van der Waals surface area contributed by atoms with E-state index in [-0.39, 0.29) is 5.97 Å². The maximum Gasteiger partial charge on any atom is 0.343 e. The van der Waals surface area contributed by atoms with Crippen LogP contribution in [0.4, 0.5) is 0 Å². The molecule has 0 aliphatic carbocycles. The van der Waals surface area contributed by atoms with E-state index in [9.17, 15) is 4.79 Å². The molecule has 0 unspecified atom stereocenters. The number of esters is 1. The molecule has 0 atom stereocenters. The Morgan fingerprint density at radius 3 is 2.47 bits per heavy atom. The van der Waals surface area contributed by atoms with Crippen molar-refractivity contribution < 1.29 is 9.53 Å². The van der Waals surface area contributed by atoms with E-state index in [1.54, 1.807) is 6.08 Å². The highest BCUT2D eigenvalue weighted by Gasteiger charge is 2.22. The van der Waals surface area contributed by atoms with Crippen LogP contribution < -0.4 is 0 Å². The number of ether oxygens (including phenoxy) is 1. The van der Waals surface area contributed by atoms with Crippen molar-refractivity contribution in [2.45, 2.75) is 19.4 Å². The van der Waals surface area contributed by atoms with Crippen molar-refractivity contribution in [2.24, 2.45) is 0 Å². The van der Waals surface area contributed by atoms with Crippen LogP contribution in [0.5, 0.6) is 0 Å². The van der Waals surface area contributed by atoms with E-state index in [1.165, 1.54) is 17.4 Å². The van der Waals surface area contributed by atoms with Gasteiger partial charge in [0.15, 0.2) is 0 Å². The lowest BCUT2D eigenvalue weighted by atomic mass is 9.98. The van der Waals surface area contributed by atoms with Crippen LogP contribution in [0, 0.1) is 0 Å². The van der Waals surface area contributed by atoms with Crippen LogP contribution in [0.2, 0.25) is 0 Å². The van der Waals surface area contributed by atoms with Crippen LogP contribution >= 0.6 is 0 Å². The zero-order valence-electron chi connectivity index (χ0n) is 10.8. The van der Waals surface area contributed by atoms with Crippen molar-refractivity contribution in [3.05, 3.63) is 59.4 Å². The molecular formula is C16H17NO2. The van der Waals surface area contributed by atoms with Gasteiger partial charge in [-0.1, -0.05) is 35.9 Å². The quantitative estimate of drug-likeness (QED) is 0.601. The number of carbonyl (C=O) groups is 1. The number of carbonyl (C=O) groups excluding carboxylic acids is 1. The van der Waals surface area contributed by atoms with Gasteiger partial charge in [0.1, 0.15) is 0 Å². The first-order valence-electron chi connectivity index (χ1n) is 6.69. The molecule has 1 aromatic rings. The Labute approximate surface area is 113 Å². The van der Waals surface area contributed by atoms with Crippen molar-refractivity contribution in [1.29, 1.82) is 0 Å². The summed E-state index contributed by atoms with van der Waals surface area (Å²) in [6.07, 6.45) is 5.20. The molecule has 2 heterocycles. The Balaban J connectivity index is 1.61. The van der Waals surface area contributed by atoms with Crippen molar-refractivity contribution >= 4 is 5.97 Å². The predicted octanol–water partition coefficient (Wildman–Crippen LogP) is 2.65. The molecule has 3 heteroatoms. The molecule has 1 saturated heterocycles. The Morgan fingerprint density at radius 1 is 1.11 bits per heavy atom. The molecule has 2 aliphatic rings. The summed E-state index contributed by atoms with van der Waals surface area (Å²) in [6, 6.07) is 10.5. The summed E-state index contributed by atoms with van der Waals surface area (Å²) in [7, 11) is 0. The molecule has 1 aromatic carbocycles. The van der Waals surface area contributed by atoms with Crippen LogP contribution in [0.15, 0.2) is 53.8 Å². The Bertz CT molecular complexity index is 521. The molecule has 2 aliphatic heterocycles. The number of hydrogen-bond acceptors (Lipinski definition) is 3. The lowest BCUT2D eigenvalue weighted by Crippen LogP contribution is -2.30. The van der Waals surface area contributed by atoms with Crippen LogP contribution in [0.1, 0.15) is 18.4 Å². The van der Waals surface area contributed by atoms with Gasteiger partial charge in [0.2, 0.25) is 0 Å². The molecule has 0 N–H and O–H groups in total. The molecule has 3 rings (SSSR count). The number of nitrogens with zero attached hydrogens (tertiary/aromatic N) is 1. The molecule has 3 nitrogen and oxygen atoms in total. The number of benzene rings is 1. The highest BCUT2D eigenvalue weighted by molar-refractivity contribution is 5.95. The summed E-state index contributed by atoms with van der Waals surface area (Å²) < 4.78 is 4.85. The van der Waals surface area contributed by atoms with Gasteiger partial charge in [-0.3, -0.25) is 4.90 Å². The van der Waals surface area contributed by atoms with Gasteiger partial charge in [-0.2, -0.15) is 0 Å². The normalized spacial score (nSPS) is 19.9. The van der Waals surface area contributed by atoms with E-state index >= 15 is 0 Å². The van der Waals surface area contributed by atoms with Gasteiger partial charge in [0.05, 0.1) is 11.8 Å². The smallest absolute Gasteiger partial charge is 0.343 e. The molecule has 0 amide bonds. The molecule has 1 fully saturated rings. The molecule has 0 spiro atoms. The minimum absolute atomic E-state index is 0.188. The van der Waals surface area contributed by atoms with Crippen molar-refractivity contribution in [1.82, 2.24) is 4.90 Å². The maximum absolute atomic E-state index is 11.5. The minimum atomic E-state index is -0.188. The second kappa shape index (κ2) is 5.41. The van der Waals surface area contributed by atoms with Crippen LogP contribution in [0.25, 0.3) is 0 Å². The second-order valence-electron chi connectivity index (χ2n) is 4.99. The van der Waals surface area contributed by atoms with Gasteiger partial charge < -0.3 is 4.74 Å². The first-order valence-corrected chi connectivity index (χ1v) is 6.69. The number of rotatable bonds is 2. The van der Waals surface area contributed by atoms with Crippen molar-refractivity contribution in [2.75, 3.05) is 13.1 Å². The highest BCUT2D eigenvalue weighted by atomic mass is 16.5. The lowest BCUT2D eigenvalue weighted by Gasteiger charge is -2.28. The van der Waals surface area contributed by atoms with E-state index in [0.29, 0.717) is 0 Å². The SMILES string of the molecule is O=C1OC=CC1=C1CCN(Cc2ccccc2)CC1. The first kappa shape index (κ1) is 12.2. The fourth-order valence-corrected chi connectivity index (χ4v) is 2.65. The standard InChI is InChI=1S/C16H17NO2/c18-16-15(8-11-19-16)14-6-9-17(10-7-14)12-13-4-2-1-3-5-13/h1-5,8,11H,6-7,9-10,12H2. The third-order valence-electron chi connectivity index (χ3n) is 3.72. The van der Waals surface area contributed by atoms with Crippen LogP contribution in [-0.4, -0.2) is 24.0 Å². The maximum atomic E-state index is 11.5. The minimum Gasteiger partial charge on any atom is -0.431 e. The highest BCUT2D eigenvalue weighted by Crippen LogP contribution is 2.25. The van der Waals surface area contributed by atoms with Gasteiger partial charge in [0.25, 0.3) is 0 Å². The fourth-order valence-electron chi connectivity index (χ4n) is 2.65. The predicted molar refractivity (Wildman–Crippen MR) is 73.2 cm³/mol. The Morgan fingerprint density at radius 2 is 1.84 bits per heavy atom. The lowest BCUT2D eigenvalue weighted by molar-refractivity contribution is -0.132. The average Bonchev–Trinajstić information content (AvgIpc) is 2.87. The molecule has 98 valence electrons. The molecule has 0 aromatic heterocycles. The van der Waals surface area contributed by atoms with Gasteiger partial charge in [-0.05, 0) is 24.5 Å². The van der Waals surface area contributed by atoms with E-state index in [1.807, 2.05) is 6.07 Å². The molecule has 19 heavy (non-hydrogen) atoms. The number of cyclic esters (lactones) is 1. The van der Waals surface area contributed by atoms with Crippen molar-refractivity contribution in [3.8, 4) is 0 Å². The van der Waals surface area contributed by atoms with E-state index < -0.39 is 0 Å². The van der Waals surface area contributed by atoms with Gasteiger partial charge in [0, 0.05) is 19.6 Å². The summed E-state index contributed by atoms with van der Waals surface area (Å²) in [5.74, 6) is -0.188. The molecule has 0 saturated carbocycles. The van der Waals surface area contributed by atoms with Gasteiger partial charge in [-0.15, -0.1) is 0 Å². The third-order valence-corrected chi connectivity index (χ3v) is 3.72. The number of hydrogen-bond donors (Lipinski definition) is 0. The number of likely N-dealkylation sites (tertiary alicyclic amines) is 1. The summed E-state index contributed by atoms with van der Waals surface area (Å²) >= 11 is 0. The molecule has 0 bridgehead atoms. The summed E-state index contributed by atoms with van der Waals surface area (Å²) in [4.78, 5) is 13.9. The Hall–Kier alpha value is -1.87. The zero-order valence-corrected chi connectivity index (χ0v) is 10.8. The van der Waals surface area contributed by atoms with Crippen molar-refractivity contribution in [3.63, 3.8) is 0 Å². The summed E-state index contributed by atoms with van der Waals surface area (Å²) in [5.41, 5.74) is 3.36. The summed E-state index contributed by atoms with van der Waals surface area (Å²) in [6.45, 7) is 3.01. The number of piperidine rings is 1.